The minimum Gasteiger partial charge on any atom is -0.481 e. The number of carbonyl (C=O) groups excluding carboxylic acids is 1. The Labute approximate surface area is 249 Å². The van der Waals surface area contributed by atoms with Gasteiger partial charge < -0.3 is 19.5 Å². The molecule has 0 aromatic heterocycles. The molecule has 228 valence electrons. The normalized spacial score (nSPS) is 27.8. The Bertz CT molecular complexity index is 1080. The molecule has 1 spiro atoms. The zero-order chi connectivity index (χ0) is 28.9. The highest BCUT2D eigenvalue weighted by Crippen LogP contribution is 2.64. The Morgan fingerprint density at radius 1 is 0.976 bits per heavy atom. The summed E-state index contributed by atoms with van der Waals surface area (Å²) in [6.07, 6.45) is 23.7. The molecule has 2 bridgehead atoms. The molecule has 1 N–H and O–H groups in total. The monoisotopic (exact) mass is 565 g/mol. The largest absolute Gasteiger partial charge is 0.481 e. The zero-order valence-electron chi connectivity index (χ0n) is 26.1. The lowest BCUT2D eigenvalue weighted by molar-refractivity contribution is -0.169. The Kier molecular flexibility index (Phi) is 10.2. The number of likely N-dealkylation sites (N-methyl/N-ethyl adjacent to an activating group) is 1. The summed E-state index contributed by atoms with van der Waals surface area (Å²) in [4.78, 5) is 15.3. The first kappa shape index (κ1) is 30.6. The molecule has 2 heterocycles. The van der Waals surface area contributed by atoms with E-state index in [0.29, 0.717) is 18.6 Å². The summed E-state index contributed by atoms with van der Waals surface area (Å²) in [5, 5.41) is 12.3. The van der Waals surface area contributed by atoms with Crippen molar-refractivity contribution in [1.29, 1.82) is 0 Å². The second kappa shape index (κ2) is 13.6. The van der Waals surface area contributed by atoms with Crippen molar-refractivity contribution in [2.75, 3.05) is 13.6 Å². The van der Waals surface area contributed by atoms with Gasteiger partial charge in [0.25, 0.3) is 0 Å². The first-order valence-electron chi connectivity index (χ1n) is 17.1. The number of rotatable bonds is 17. The van der Waals surface area contributed by atoms with Crippen molar-refractivity contribution in [3.05, 3.63) is 40.7 Å². The molecule has 1 saturated heterocycles. The lowest BCUT2D eigenvalue weighted by atomic mass is 9.50. The van der Waals surface area contributed by atoms with Gasteiger partial charge in [-0.15, -0.1) is 0 Å². The fourth-order valence-corrected chi connectivity index (χ4v) is 8.41. The Morgan fingerprint density at radius 2 is 1.59 bits per heavy atom. The van der Waals surface area contributed by atoms with Crippen LogP contribution in [-0.2, 0) is 21.4 Å². The first-order chi connectivity index (χ1) is 19.9. The van der Waals surface area contributed by atoms with Gasteiger partial charge >= 0.3 is 5.97 Å². The average molecular weight is 566 g/mol. The quantitative estimate of drug-likeness (QED) is 0.153. The van der Waals surface area contributed by atoms with Crippen molar-refractivity contribution in [2.45, 2.75) is 159 Å². The average Bonchev–Trinajstić information content (AvgIpc) is 3.32. The molecular formula is C36H55NO4. The minimum absolute atomic E-state index is 0.0392. The van der Waals surface area contributed by atoms with Crippen molar-refractivity contribution in [2.24, 2.45) is 0 Å². The number of unbranched alkanes of at least 4 members (excludes halogenated alkanes) is 14. The van der Waals surface area contributed by atoms with Crippen LogP contribution in [0.1, 0.15) is 139 Å². The Morgan fingerprint density at radius 3 is 2.22 bits per heavy atom. The Hall–Kier alpha value is -1.85. The van der Waals surface area contributed by atoms with Gasteiger partial charge in [-0.3, -0.25) is 4.79 Å². The lowest BCUT2D eigenvalue weighted by Gasteiger charge is -2.61. The number of benzene rings is 1. The number of aryl methyl sites for hydroxylation is 1. The summed E-state index contributed by atoms with van der Waals surface area (Å²) >= 11 is 0. The zero-order valence-corrected chi connectivity index (χ0v) is 26.1. The van der Waals surface area contributed by atoms with Gasteiger partial charge in [0.2, 0.25) is 0 Å². The molecular weight excluding hydrogens is 510 g/mol. The summed E-state index contributed by atoms with van der Waals surface area (Å²) < 4.78 is 12.7. The van der Waals surface area contributed by atoms with Crippen LogP contribution in [0, 0.1) is 6.92 Å². The van der Waals surface area contributed by atoms with Gasteiger partial charge in [-0.2, -0.15) is 0 Å². The Balaban J connectivity index is 1.04. The van der Waals surface area contributed by atoms with Crippen LogP contribution < -0.4 is 4.74 Å². The molecule has 0 amide bonds. The molecule has 2 aliphatic heterocycles. The molecule has 0 radical (unpaired) electrons. The molecule has 0 saturated carbocycles. The maximum Gasteiger partial charge on any atom is 0.310 e. The van der Waals surface area contributed by atoms with Crippen molar-refractivity contribution in [3.8, 4) is 5.75 Å². The molecule has 5 rings (SSSR count). The van der Waals surface area contributed by atoms with Gasteiger partial charge in [0.1, 0.15) is 11.5 Å². The van der Waals surface area contributed by atoms with Crippen LogP contribution >= 0.6 is 0 Å². The predicted octanol–water partition coefficient (Wildman–Crippen LogP) is 8.08. The topological polar surface area (TPSA) is 59.0 Å². The second-order valence-electron chi connectivity index (χ2n) is 13.6. The maximum absolute atomic E-state index is 12.9. The van der Waals surface area contributed by atoms with E-state index < -0.39 is 17.1 Å². The molecule has 41 heavy (non-hydrogen) atoms. The van der Waals surface area contributed by atoms with Crippen molar-refractivity contribution in [1.82, 2.24) is 4.90 Å². The number of likely N-dealkylation sites (tertiary alicyclic amines) is 1. The summed E-state index contributed by atoms with van der Waals surface area (Å²) in [6, 6.07) is 4.39. The fraction of sp³-hybridized carbons (Fsp3) is 0.750. The summed E-state index contributed by atoms with van der Waals surface area (Å²) in [5.74, 6) is 1.36. The smallest absolute Gasteiger partial charge is 0.310 e. The van der Waals surface area contributed by atoms with E-state index >= 15 is 0 Å². The first-order valence-corrected chi connectivity index (χ1v) is 17.1. The highest BCUT2D eigenvalue weighted by molar-refractivity contribution is 5.71. The second-order valence-corrected chi connectivity index (χ2v) is 13.6. The molecule has 4 atom stereocenters. The van der Waals surface area contributed by atoms with E-state index in [0.717, 1.165) is 43.5 Å². The van der Waals surface area contributed by atoms with Gasteiger partial charge in [0.15, 0.2) is 6.10 Å². The molecule has 2 aliphatic carbocycles. The number of ether oxygens (including phenoxy) is 2. The van der Waals surface area contributed by atoms with Crippen LogP contribution in [0.2, 0.25) is 0 Å². The van der Waals surface area contributed by atoms with Gasteiger partial charge in [0.05, 0.1) is 11.0 Å². The van der Waals surface area contributed by atoms with Gasteiger partial charge in [-0.25, -0.2) is 0 Å². The van der Waals surface area contributed by atoms with E-state index in [9.17, 15) is 9.90 Å². The van der Waals surface area contributed by atoms with Gasteiger partial charge in [0, 0.05) is 24.4 Å². The highest BCUT2D eigenvalue weighted by Gasteiger charge is 2.71. The van der Waals surface area contributed by atoms with E-state index in [1.165, 1.54) is 94.6 Å². The molecule has 0 unspecified atom stereocenters. The predicted molar refractivity (Wildman–Crippen MR) is 165 cm³/mol. The number of aliphatic hydroxyl groups is 1. The van der Waals surface area contributed by atoms with E-state index in [4.69, 9.17) is 9.47 Å². The van der Waals surface area contributed by atoms with Gasteiger partial charge in [-0.1, -0.05) is 109 Å². The third-order valence-corrected chi connectivity index (χ3v) is 10.8. The molecule has 1 aromatic carbocycles. The number of carbonyl (C=O) groups is 1. The number of piperidine rings is 1. The van der Waals surface area contributed by atoms with E-state index in [-0.39, 0.29) is 12.0 Å². The number of hydrogen-bond donors (Lipinski definition) is 1. The summed E-state index contributed by atoms with van der Waals surface area (Å²) in [5.41, 5.74) is 2.09. The van der Waals surface area contributed by atoms with E-state index in [1.54, 1.807) is 0 Å². The van der Waals surface area contributed by atoms with Gasteiger partial charge in [-0.05, 0) is 57.0 Å². The summed E-state index contributed by atoms with van der Waals surface area (Å²) in [6.45, 7) is 5.26. The minimum atomic E-state index is -0.916. The summed E-state index contributed by atoms with van der Waals surface area (Å²) in [7, 11) is 2.12. The highest BCUT2D eigenvalue weighted by atomic mass is 16.6. The molecule has 4 aliphatic rings. The number of esters is 1. The van der Waals surface area contributed by atoms with Crippen LogP contribution in [0.3, 0.4) is 0 Å². The third kappa shape index (κ3) is 6.00. The molecule has 5 heteroatoms. The van der Waals surface area contributed by atoms with Crippen molar-refractivity contribution < 1.29 is 19.4 Å². The van der Waals surface area contributed by atoms with E-state index in [2.05, 4.69) is 37.9 Å². The number of nitrogens with zero attached hydrogens (tertiary/aromatic N) is 1. The van der Waals surface area contributed by atoms with Crippen LogP contribution in [0.25, 0.3) is 0 Å². The van der Waals surface area contributed by atoms with Crippen LogP contribution in [-0.4, -0.2) is 47.3 Å². The lowest BCUT2D eigenvalue weighted by Crippen LogP contribution is -2.74. The molecule has 1 aromatic rings. The molecule has 1 fully saturated rings. The maximum atomic E-state index is 12.9. The SMILES string of the molecule is CCCCCCCCCCCCCCCCCC(=O)OC1=CC[C@@]2(O)[C@H]3Cc4ccc(C)c5c4[C@@]2(CCN3C)[C@H]1O5. The molecule has 5 nitrogen and oxygen atoms in total. The van der Waals surface area contributed by atoms with Crippen LogP contribution in [0.5, 0.6) is 5.75 Å². The number of hydrogen-bond acceptors (Lipinski definition) is 5. The van der Waals surface area contributed by atoms with Crippen molar-refractivity contribution >= 4 is 5.97 Å². The third-order valence-electron chi connectivity index (χ3n) is 10.8. The van der Waals surface area contributed by atoms with Crippen LogP contribution in [0.4, 0.5) is 0 Å². The van der Waals surface area contributed by atoms with E-state index in [1.807, 2.05) is 6.08 Å². The fourth-order valence-electron chi connectivity index (χ4n) is 8.41. The van der Waals surface area contributed by atoms with Crippen LogP contribution in [0.15, 0.2) is 24.0 Å². The van der Waals surface area contributed by atoms with Crippen molar-refractivity contribution in [3.63, 3.8) is 0 Å². The standard InChI is InChI=1S/C36H55NO4/c1-4-5-6-7-8-9-10-11-12-13-14-15-16-17-18-19-31(38)40-29-22-23-36(39)30-26-28-21-20-27(2)33-32(28)35(36,34(29)41-33)24-25-37(30)3/h20-22,30,34,39H,4-19,23-26H2,1-3H3/t30-,34+,35+,36-/m1/s1.